The number of nitrogens with one attached hydrogen (secondary N) is 1. The molecule has 1 rings (SSSR count). The molecule has 0 aromatic heterocycles. The Bertz CT molecular complexity index is 329. The number of nitrogens with zero attached hydrogens (tertiary/aromatic N) is 1. The molecule has 0 saturated carbocycles. The van der Waals surface area contributed by atoms with Gasteiger partial charge in [-0.2, -0.15) is 0 Å². The molecule has 1 fully saturated rings. The summed E-state index contributed by atoms with van der Waals surface area (Å²) in [7, 11) is 0. The summed E-state index contributed by atoms with van der Waals surface area (Å²) in [5, 5.41) is 10.9. The number of hydrogen-bond acceptors (Lipinski definition) is 4. The topological polar surface area (TPSA) is 86.7 Å². The van der Waals surface area contributed by atoms with Gasteiger partial charge in [-0.1, -0.05) is 6.92 Å². The van der Waals surface area contributed by atoms with E-state index < -0.39 is 5.97 Å². The molecule has 1 heterocycles. The highest BCUT2D eigenvalue weighted by atomic mass is 16.4. The quantitative estimate of drug-likeness (QED) is 0.661. The maximum atomic E-state index is 11.6. The fourth-order valence-corrected chi connectivity index (χ4v) is 2.07. The van der Waals surface area contributed by atoms with Gasteiger partial charge < -0.3 is 5.11 Å². The zero-order chi connectivity index (χ0) is 13.0. The average molecular weight is 242 g/mol. The number of rotatable bonds is 5. The fraction of sp³-hybridized carbons (Fsp3) is 0.727. The largest absolute Gasteiger partial charge is 0.481 e. The summed E-state index contributed by atoms with van der Waals surface area (Å²) >= 11 is 0. The SMILES string of the molecule is CCC1C(=O)NC(=O)CN1C(C)CCC(=O)O. The van der Waals surface area contributed by atoms with Crippen molar-refractivity contribution in [2.75, 3.05) is 6.54 Å². The minimum absolute atomic E-state index is 0.0455. The van der Waals surface area contributed by atoms with E-state index in [0.29, 0.717) is 12.8 Å². The van der Waals surface area contributed by atoms with Crippen molar-refractivity contribution in [3.05, 3.63) is 0 Å². The van der Waals surface area contributed by atoms with E-state index in [9.17, 15) is 14.4 Å². The van der Waals surface area contributed by atoms with Crippen LogP contribution in [0.5, 0.6) is 0 Å². The van der Waals surface area contributed by atoms with E-state index in [4.69, 9.17) is 5.11 Å². The fourth-order valence-electron chi connectivity index (χ4n) is 2.07. The molecule has 0 aliphatic carbocycles. The standard InChI is InChI=1S/C11H18N2O4/c1-3-8-11(17)12-9(14)6-13(8)7(2)4-5-10(15)16/h7-8H,3-6H2,1-2H3,(H,15,16)(H,12,14,17). The maximum Gasteiger partial charge on any atom is 0.303 e. The van der Waals surface area contributed by atoms with Gasteiger partial charge >= 0.3 is 5.97 Å². The summed E-state index contributed by atoms with van der Waals surface area (Å²) in [5.74, 6) is -1.47. The van der Waals surface area contributed by atoms with Gasteiger partial charge in [-0.3, -0.25) is 24.6 Å². The van der Waals surface area contributed by atoms with Crippen molar-refractivity contribution in [1.29, 1.82) is 0 Å². The van der Waals surface area contributed by atoms with Crippen molar-refractivity contribution in [2.24, 2.45) is 0 Å². The van der Waals surface area contributed by atoms with Crippen molar-refractivity contribution in [3.8, 4) is 0 Å². The molecule has 2 N–H and O–H groups in total. The molecule has 1 aliphatic heterocycles. The minimum atomic E-state index is -0.863. The van der Waals surface area contributed by atoms with E-state index in [1.54, 1.807) is 4.90 Å². The number of hydrogen-bond donors (Lipinski definition) is 2. The Labute approximate surface area is 100.0 Å². The van der Waals surface area contributed by atoms with Gasteiger partial charge in [0.05, 0.1) is 12.6 Å². The van der Waals surface area contributed by atoms with E-state index in [1.165, 1.54) is 0 Å². The average Bonchev–Trinajstić information content (AvgIpc) is 2.24. The number of imide groups is 1. The number of carboxylic acids is 1. The number of carbonyl (C=O) groups excluding carboxylic acids is 2. The lowest BCUT2D eigenvalue weighted by molar-refractivity contribution is -0.141. The summed E-state index contributed by atoms with van der Waals surface area (Å²) in [5.41, 5.74) is 0. The Kier molecular flexibility index (Phi) is 4.62. The van der Waals surface area contributed by atoms with Crippen molar-refractivity contribution in [1.82, 2.24) is 10.2 Å². The molecule has 2 unspecified atom stereocenters. The molecule has 0 radical (unpaired) electrons. The van der Waals surface area contributed by atoms with Gasteiger partial charge in [0.15, 0.2) is 0 Å². The summed E-state index contributed by atoms with van der Waals surface area (Å²) < 4.78 is 0. The third kappa shape index (κ3) is 3.52. The molecule has 1 saturated heterocycles. The second-order valence-corrected chi connectivity index (χ2v) is 4.29. The molecule has 0 bridgehead atoms. The molecule has 2 amide bonds. The predicted molar refractivity (Wildman–Crippen MR) is 60.3 cm³/mol. The lowest BCUT2D eigenvalue weighted by Crippen LogP contribution is -2.60. The van der Waals surface area contributed by atoms with Crippen molar-refractivity contribution >= 4 is 17.8 Å². The maximum absolute atomic E-state index is 11.6. The van der Waals surface area contributed by atoms with Crippen LogP contribution in [0.25, 0.3) is 0 Å². The third-order valence-electron chi connectivity index (χ3n) is 3.02. The van der Waals surface area contributed by atoms with Crippen molar-refractivity contribution in [2.45, 2.75) is 45.2 Å². The summed E-state index contributed by atoms with van der Waals surface area (Å²) in [6.07, 6.45) is 1.09. The first-order valence-corrected chi connectivity index (χ1v) is 5.77. The molecule has 0 aromatic carbocycles. The van der Waals surface area contributed by atoms with E-state index in [2.05, 4.69) is 5.32 Å². The molecule has 0 aromatic rings. The lowest BCUT2D eigenvalue weighted by atomic mass is 10.0. The van der Waals surface area contributed by atoms with Crippen molar-refractivity contribution in [3.63, 3.8) is 0 Å². The van der Waals surface area contributed by atoms with Crippen LogP contribution >= 0.6 is 0 Å². The van der Waals surface area contributed by atoms with Crippen LogP contribution in [0.1, 0.15) is 33.1 Å². The molecule has 96 valence electrons. The van der Waals surface area contributed by atoms with Crippen LogP contribution in [0.15, 0.2) is 0 Å². The molecule has 17 heavy (non-hydrogen) atoms. The van der Waals surface area contributed by atoms with Crippen molar-refractivity contribution < 1.29 is 19.5 Å². The Morgan fingerprint density at radius 2 is 2.24 bits per heavy atom. The van der Waals surface area contributed by atoms with Gasteiger partial charge in [0.25, 0.3) is 0 Å². The van der Waals surface area contributed by atoms with Gasteiger partial charge in [0, 0.05) is 12.5 Å². The van der Waals surface area contributed by atoms with Gasteiger partial charge in [-0.05, 0) is 19.8 Å². The van der Waals surface area contributed by atoms with E-state index >= 15 is 0 Å². The highest BCUT2D eigenvalue weighted by molar-refractivity contribution is 6.01. The van der Waals surface area contributed by atoms with Gasteiger partial charge in [-0.25, -0.2) is 0 Å². The number of piperazine rings is 1. The zero-order valence-corrected chi connectivity index (χ0v) is 10.1. The highest BCUT2D eigenvalue weighted by Gasteiger charge is 2.34. The summed E-state index contributed by atoms with van der Waals surface area (Å²) in [4.78, 5) is 35.2. The van der Waals surface area contributed by atoms with Crippen LogP contribution in [-0.4, -0.2) is 46.4 Å². The predicted octanol–water partition coefficient (Wildman–Crippen LogP) is -0.0233. The summed E-state index contributed by atoms with van der Waals surface area (Å²) in [6, 6.07) is -0.428. The van der Waals surface area contributed by atoms with Gasteiger partial charge in [0.2, 0.25) is 11.8 Å². The molecular formula is C11H18N2O4. The van der Waals surface area contributed by atoms with Gasteiger partial charge in [-0.15, -0.1) is 0 Å². The lowest BCUT2D eigenvalue weighted by Gasteiger charge is -2.37. The molecule has 1 aliphatic rings. The number of carboxylic acid groups (broad SMARTS) is 1. The van der Waals surface area contributed by atoms with Crippen LogP contribution in [0.2, 0.25) is 0 Å². The number of carbonyl (C=O) groups is 3. The highest BCUT2D eigenvalue weighted by Crippen LogP contribution is 2.16. The zero-order valence-electron chi connectivity index (χ0n) is 10.1. The van der Waals surface area contributed by atoms with E-state index in [0.717, 1.165) is 0 Å². The van der Waals surface area contributed by atoms with E-state index in [-0.39, 0.29) is 36.9 Å². The third-order valence-corrected chi connectivity index (χ3v) is 3.02. The Hall–Kier alpha value is -1.43. The first-order chi connectivity index (χ1) is 7.95. The number of amides is 2. The molecule has 6 heteroatoms. The minimum Gasteiger partial charge on any atom is -0.481 e. The Balaban J connectivity index is 2.67. The van der Waals surface area contributed by atoms with Crippen LogP contribution in [-0.2, 0) is 14.4 Å². The monoisotopic (exact) mass is 242 g/mol. The Morgan fingerprint density at radius 3 is 2.76 bits per heavy atom. The normalized spacial score (nSPS) is 23.3. The molecule has 6 nitrogen and oxygen atoms in total. The van der Waals surface area contributed by atoms with Crippen LogP contribution in [0, 0.1) is 0 Å². The molecular weight excluding hydrogens is 224 g/mol. The van der Waals surface area contributed by atoms with E-state index in [1.807, 2.05) is 13.8 Å². The first kappa shape index (κ1) is 13.6. The van der Waals surface area contributed by atoms with Crippen LogP contribution in [0.3, 0.4) is 0 Å². The second kappa shape index (κ2) is 5.77. The smallest absolute Gasteiger partial charge is 0.303 e. The number of aliphatic carboxylic acids is 1. The molecule has 0 spiro atoms. The van der Waals surface area contributed by atoms with Gasteiger partial charge in [0.1, 0.15) is 0 Å². The second-order valence-electron chi connectivity index (χ2n) is 4.29. The van der Waals surface area contributed by atoms with Crippen LogP contribution in [0.4, 0.5) is 0 Å². The Morgan fingerprint density at radius 1 is 1.59 bits per heavy atom. The van der Waals surface area contributed by atoms with Crippen LogP contribution < -0.4 is 5.32 Å². The first-order valence-electron chi connectivity index (χ1n) is 5.77. The summed E-state index contributed by atoms with van der Waals surface area (Å²) in [6.45, 7) is 3.87. The molecule has 2 atom stereocenters.